The van der Waals surface area contributed by atoms with E-state index in [0.29, 0.717) is 24.6 Å². The molecule has 0 aromatic carbocycles. The second-order valence-electron chi connectivity index (χ2n) is 3.38. The number of carbonyl (C=O) groups is 1. The number of morpholine rings is 1. The van der Waals surface area contributed by atoms with Crippen LogP contribution in [-0.2, 0) is 4.74 Å². The third-order valence-corrected chi connectivity index (χ3v) is 3.19. The van der Waals surface area contributed by atoms with Crippen LogP contribution in [0.1, 0.15) is 9.67 Å². The Morgan fingerprint density at radius 2 is 2.60 bits per heavy atom. The Kier molecular flexibility index (Phi) is 3.33. The molecule has 3 nitrogen and oxygen atoms in total. The molecule has 0 spiro atoms. The molecule has 0 N–H and O–H groups in total. The zero-order chi connectivity index (χ0) is 10.7. The van der Waals surface area contributed by atoms with Gasteiger partial charge in [-0.05, 0) is 11.4 Å². The zero-order valence-electron chi connectivity index (χ0n) is 8.19. The molecule has 15 heavy (non-hydrogen) atoms. The lowest BCUT2D eigenvalue weighted by molar-refractivity contribution is -0.0308. The molecule has 1 saturated heterocycles. The van der Waals surface area contributed by atoms with Gasteiger partial charge >= 0.3 is 0 Å². The van der Waals surface area contributed by atoms with Gasteiger partial charge in [0, 0.05) is 13.1 Å². The number of alkyl halides is 1. The van der Waals surface area contributed by atoms with Gasteiger partial charge in [0.05, 0.1) is 11.5 Å². The number of thiophene rings is 1. The monoisotopic (exact) mass is 229 g/mol. The number of carbonyl (C=O) groups excluding carboxylic acids is 1. The zero-order valence-corrected chi connectivity index (χ0v) is 9.00. The third-order valence-electron chi connectivity index (χ3n) is 2.33. The minimum atomic E-state index is -0.534. The van der Waals surface area contributed by atoms with Crippen molar-refractivity contribution in [1.29, 1.82) is 0 Å². The molecule has 0 bridgehead atoms. The van der Waals surface area contributed by atoms with Crippen molar-refractivity contribution in [2.24, 2.45) is 0 Å². The number of hydrogen-bond donors (Lipinski definition) is 0. The van der Waals surface area contributed by atoms with Crippen LogP contribution in [0.2, 0.25) is 0 Å². The quantitative estimate of drug-likeness (QED) is 0.770. The molecule has 2 rings (SSSR count). The summed E-state index contributed by atoms with van der Waals surface area (Å²) in [6, 6.07) is 3.62. The number of hydrogen-bond acceptors (Lipinski definition) is 3. The Morgan fingerprint density at radius 1 is 1.73 bits per heavy atom. The van der Waals surface area contributed by atoms with Crippen molar-refractivity contribution in [3.8, 4) is 0 Å². The van der Waals surface area contributed by atoms with Crippen LogP contribution in [0.4, 0.5) is 4.39 Å². The lowest BCUT2D eigenvalue weighted by atomic mass is 10.2. The maximum Gasteiger partial charge on any atom is 0.264 e. The molecule has 1 aliphatic heterocycles. The Morgan fingerprint density at radius 3 is 3.27 bits per heavy atom. The van der Waals surface area contributed by atoms with Crippen LogP contribution in [0.5, 0.6) is 0 Å². The molecule has 1 aromatic heterocycles. The van der Waals surface area contributed by atoms with Gasteiger partial charge in [0.25, 0.3) is 5.91 Å². The van der Waals surface area contributed by atoms with Crippen LogP contribution in [0.3, 0.4) is 0 Å². The van der Waals surface area contributed by atoms with E-state index in [9.17, 15) is 9.18 Å². The predicted octanol–water partition coefficient (Wildman–Crippen LogP) is 1.56. The summed E-state index contributed by atoms with van der Waals surface area (Å²) in [5.74, 6) is -0.0215. The molecule has 1 atom stereocenters. The Labute approximate surface area is 91.5 Å². The summed E-state index contributed by atoms with van der Waals surface area (Å²) in [7, 11) is 0. The summed E-state index contributed by atoms with van der Waals surface area (Å²) in [6.45, 7) is 0.792. The first-order chi connectivity index (χ1) is 7.31. The van der Waals surface area contributed by atoms with Crippen molar-refractivity contribution in [2.45, 2.75) is 6.10 Å². The number of rotatable bonds is 2. The molecule has 0 aliphatic carbocycles. The largest absolute Gasteiger partial charge is 0.372 e. The number of amides is 1. The van der Waals surface area contributed by atoms with E-state index >= 15 is 0 Å². The van der Waals surface area contributed by atoms with Crippen LogP contribution in [0, 0.1) is 0 Å². The average Bonchev–Trinajstić information content (AvgIpc) is 2.81. The first-order valence-electron chi connectivity index (χ1n) is 4.81. The van der Waals surface area contributed by atoms with Crippen LogP contribution in [0.25, 0.3) is 0 Å². The fraction of sp³-hybridized carbons (Fsp3) is 0.500. The molecular formula is C10H12FNO2S. The SMILES string of the molecule is O=C(c1cccs1)N1CCOC(CF)C1. The Hall–Kier alpha value is -0.940. The molecule has 1 amide bonds. The number of ether oxygens (including phenoxy) is 1. The van der Waals surface area contributed by atoms with Gasteiger partial charge < -0.3 is 9.64 Å². The van der Waals surface area contributed by atoms with Gasteiger partial charge in [-0.25, -0.2) is 4.39 Å². The molecule has 1 unspecified atom stereocenters. The van der Waals surface area contributed by atoms with Gasteiger partial charge in [0.2, 0.25) is 0 Å². The summed E-state index contributed by atoms with van der Waals surface area (Å²) in [4.78, 5) is 14.2. The van der Waals surface area contributed by atoms with E-state index in [-0.39, 0.29) is 5.91 Å². The third kappa shape index (κ3) is 2.35. The van der Waals surface area contributed by atoms with Crippen molar-refractivity contribution in [2.75, 3.05) is 26.4 Å². The van der Waals surface area contributed by atoms with Crippen LogP contribution >= 0.6 is 11.3 Å². The summed E-state index contributed by atoms with van der Waals surface area (Å²) in [6.07, 6.45) is -0.456. The molecule has 5 heteroatoms. The summed E-state index contributed by atoms with van der Waals surface area (Å²) < 4.78 is 17.6. The predicted molar refractivity (Wildman–Crippen MR) is 55.9 cm³/mol. The standard InChI is InChI=1S/C10H12FNO2S/c11-6-8-7-12(3-4-14-8)10(13)9-2-1-5-15-9/h1-2,5,8H,3-4,6-7H2. The minimum Gasteiger partial charge on any atom is -0.372 e. The summed E-state index contributed by atoms with van der Waals surface area (Å²) in [5.41, 5.74) is 0. The molecule has 1 aromatic rings. The normalized spacial score (nSPS) is 21.7. The van der Waals surface area contributed by atoms with Gasteiger partial charge in [-0.3, -0.25) is 4.79 Å². The highest BCUT2D eigenvalue weighted by atomic mass is 32.1. The van der Waals surface area contributed by atoms with E-state index in [2.05, 4.69) is 0 Å². The molecule has 2 heterocycles. The van der Waals surface area contributed by atoms with Crippen molar-refractivity contribution in [3.63, 3.8) is 0 Å². The van der Waals surface area contributed by atoms with Gasteiger partial charge in [-0.15, -0.1) is 11.3 Å². The van der Waals surface area contributed by atoms with E-state index < -0.39 is 12.8 Å². The van der Waals surface area contributed by atoms with Crippen LogP contribution in [-0.4, -0.2) is 43.3 Å². The lowest BCUT2D eigenvalue weighted by Crippen LogP contribution is -2.46. The fourth-order valence-electron chi connectivity index (χ4n) is 1.55. The van der Waals surface area contributed by atoms with Gasteiger partial charge in [-0.2, -0.15) is 0 Å². The van der Waals surface area contributed by atoms with Crippen LogP contribution in [0.15, 0.2) is 17.5 Å². The summed E-state index contributed by atoms with van der Waals surface area (Å²) >= 11 is 1.41. The number of halogens is 1. The van der Waals surface area contributed by atoms with E-state index in [0.717, 1.165) is 0 Å². The first kappa shape index (κ1) is 10.6. The molecule has 0 saturated carbocycles. The smallest absolute Gasteiger partial charge is 0.264 e. The van der Waals surface area contributed by atoms with E-state index in [1.165, 1.54) is 11.3 Å². The highest BCUT2D eigenvalue weighted by Crippen LogP contribution is 2.14. The molecule has 82 valence electrons. The van der Waals surface area contributed by atoms with E-state index in [1.54, 1.807) is 11.0 Å². The molecular weight excluding hydrogens is 217 g/mol. The van der Waals surface area contributed by atoms with Gasteiger partial charge in [0.1, 0.15) is 12.8 Å². The second kappa shape index (κ2) is 4.72. The topological polar surface area (TPSA) is 29.5 Å². The van der Waals surface area contributed by atoms with Crippen molar-refractivity contribution >= 4 is 17.2 Å². The second-order valence-corrected chi connectivity index (χ2v) is 4.32. The summed E-state index contributed by atoms with van der Waals surface area (Å²) in [5, 5.41) is 1.86. The van der Waals surface area contributed by atoms with Crippen molar-refractivity contribution in [3.05, 3.63) is 22.4 Å². The van der Waals surface area contributed by atoms with Gasteiger partial charge in [-0.1, -0.05) is 6.07 Å². The van der Waals surface area contributed by atoms with Crippen LogP contribution < -0.4 is 0 Å². The highest BCUT2D eigenvalue weighted by Gasteiger charge is 2.25. The van der Waals surface area contributed by atoms with E-state index in [1.807, 2.05) is 11.4 Å². The molecule has 0 radical (unpaired) electrons. The number of nitrogens with zero attached hydrogens (tertiary/aromatic N) is 1. The van der Waals surface area contributed by atoms with E-state index in [4.69, 9.17) is 4.74 Å². The maximum atomic E-state index is 12.4. The first-order valence-corrected chi connectivity index (χ1v) is 5.69. The maximum absolute atomic E-state index is 12.4. The van der Waals surface area contributed by atoms with Gasteiger partial charge in [0.15, 0.2) is 0 Å². The minimum absolute atomic E-state index is 0.0215. The highest BCUT2D eigenvalue weighted by molar-refractivity contribution is 7.12. The Balaban J connectivity index is 2.01. The Bertz CT molecular complexity index is 328. The fourth-order valence-corrected chi connectivity index (χ4v) is 2.24. The van der Waals surface area contributed by atoms with Crippen molar-refractivity contribution < 1.29 is 13.9 Å². The van der Waals surface area contributed by atoms with Crippen molar-refractivity contribution in [1.82, 2.24) is 4.90 Å². The average molecular weight is 229 g/mol. The molecule has 1 aliphatic rings. The molecule has 1 fully saturated rings. The lowest BCUT2D eigenvalue weighted by Gasteiger charge is -2.31.